The van der Waals surface area contributed by atoms with Crippen LogP contribution in [0.2, 0.25) is 0 Å². The quantitative estimate of drug-likeness (QED) is 0.482. The number of benzene rings is 2. The molecule has 2 aromatic carbocycles. The number of alkyl halides is 3. The Morgan fingerprint density at radius 1 is 1.06 bits per heavy atom. The number of halogens is 4. The number of anilines is 2. The smallest absolute Gasteiger partial charge is 0.416 e. The highest BCUT2D eigenvalue weighted by molar-refractivity contribution is 6.00. The first-order chi connectivity index (χ1) is 16.6. The van der Waals surface area contributed by atoms with E-state index < -0.39 is 23.8 Å². The van der Waals surface area contributed by atoms with E-state index in [-0.39, 0.29) is 29.4 Å². The Balaban J connectivity index is 1.39. The highest BCUT2D eigenvalue weighted by atomic mass is 19.4. The molecule has 0 fully saturated rings. The first-order valence-electron chi connectivity index (χ1n) is 10.9. The third-order valence-electron chi connectivity index (χ3n) is 5.59. The van der Waals surface area contributed by atoms with Crippen LogP contribution in [0.1, 0.15) is 25.0 Å². The van der Waals surface area contributed by atoms with Crippen LogP contribution in [0.4, 0.5) is 33.7 Å². The summed E-state index contributed by atoms with van der Waals surface area (Å²) in [4.78, 5) is 20.6. The van der Waals surface area contributed by atoms with E-state index in [9.17, 15) is 22.4 Å². The lowest BCUT2D eigenvalue weighted by Crippen LogP contribution is -2.33. The van der Waals surface area contributed by atoms with Gasteiger partial charge in [-0.2, -0.15) is 13.2 Å². The molecule has 4 rings (SSSR count). The fourth-order valence-electron chi connectivity index (χ4n) is 3.78. The average Bonchev–Trinajstić information content (AvgIpc) is 2.81. The van der Waals surface area contributed by atoms with Crippen LogP contribution in [0.5, 0.6) is 5.75 Å². The van der Waals surface area contributed by atoms with Crippen molar-refractivity contribution in [2.75, 3.05) is 10.6 Å². The number of nitrogens with one attached hydrogen (secondary N) is 2. The second-order valence-corrected chi connectivity index (χ2v) is 8.04. The first-order valence-corrected chi connectivity index (χ1v) is 10.9. The number of rotatable bonds is 4. The molecule has 2 atom stereocenters. The summed E-state index contributed by atoms with van der Waals surface area (Å²) in [6, 6.07) is 8.93. The van der Waals surface area contributed by atoms with Crippen molar-refractivity contribution in [2.45, 2.75) is 32.5 Å². The van der Waals surface area contributed by atoms with E-state index in [0.29, 0.717) is 22.9 Å². The van der Waals surface area contributed by atoms with Crippen LogP contribution in [0, 0.1) is 5.92 Å². The van der Waals surface area contributed by atoms with Crippen LogP contribution in [-0.4, -0.2) is 24.3 Å². The Morgan fingerprint density at radius 2 is 1.74 bits per heavy atom. The molecule has 6 nitrogen and oxygen atoms in total. The summed E-state index contributed by atoms with van der Waals surface area (Å²) in [5, 5.41) is 4.98. The molecule has 2 aromatic rings. The molecule has 0 saturated carbocycles. The first kappa shape index (κ1) is 24.2. The molecule has 35 heavy (non-hydrogen) atoms. The number of aliphatic imine (C=N–C) groups is 2. The summed E-state index contributed by atoms with van der Waals surface area (Å²) in [6.07, 6.45) is 0.174. The lowest BCUT2D eigenvalue weighted by atomic mass is 9.91. The molecule has 2 N–H and O–H groups in total. The summed E-state index contributed by atoms with van der Waals surface area (Å²) in [5.74, 6) is 0.149. The Morgan fingerprint density at radius 3 is 2.43 bits per heavy atom. The number of nitrogens with zero attached hydrogens (tertiary/aromatic N) is 2. The highest BCUT2D eigenvalue weighted by Gasteiger charge is 2.33. The molecule has 1 heterocycles. The number of amides is 2. The molecular weight excluding hydrogens is 464 g/mol. The number of hydrogen-bond acceptors (Lipinski definition) is 4. The number of hydrogen-bond donors (Lipinski definition) is 2. The second kappa shape index (κ2) is 9.73. The van der Waals surface area contributed by atoms with E-state index in [2.05, 4.69) is 20.6 Å². The highest BCUT2D eigenvalue weighted by Crippen LogP contribution is 2.34. The largest absolute Gasteiger partial charge is 0.442 e. The van der Waals surface area contributed by atoms with E-state index in [0.717, 1.165) is 6.07 Å². The molecule has 1 aliphatic heterocycles. The van der Waals surface area contributed by atoms with Gasteiger partial charge in [0.1, 0.15) is 17.9 Å². The summed E-state index contributed by atoms with van der Waals surface area (Å²) in [6.45, 7) is 3.29. The Kier molecular flexibility index (Phi) is 6.72. The third-order valence-corrected chi connectivity index (χ3v) is 5.59. The predicted octanol–water partition coefficient (Wildman–Crippen LogP) is 6.53. The predicted molar refractivity (Wildman–Crippen MR) is 127 cm³/mol. The fourth-order valence-corrected chi connectivity index (χ4v) is 3.78. The van der Waals surface area contributed by atoms with E-state index in [4.69, 9.17) is 4.74 Å². The van der Waals surface area contributed by atoms with Gasteiger partial charge in [0.05, 0.1) is 17.5 Å². The summed E-state index contributed by atoms with van der Waals surface area (Å²) in [7, 11) is 0. The van der Waals surface area contributed by atoms with Crippen LogP contribution in [0.15, 0.2) is 76.0 Å². The van der Waals surface area contributed by atoms with Gasteiger partial charge in [0.25, 0.3) is 0 Å². The van der Waals surface area contributed by atoms with Gasteiger partial charge in [-0.1, -0.05) is 19.1 Å². The topological polar surface area (TPSA) is 75.1 Å². The molecule has 1 aliphatic carbocycles. The molecular formula is C25H22F4N4O2. The van der Waals surface area contributed by atoms with Gasteiger partial charge in [-0.15, -0.1) is 0 Å². The van der Waals surface area contributed by atoms with Gasteiger partial charge in [0, 0.05) is 11.4 Å². The van der Waals surface area contributed by atoms with Crippen molar-refractivity contribution in [3.8, 4) is 5.75 Å². The molecule has 182 valence electrons. The number of fused-ring (bicyclic) bond motifs is 1. The summed E-state index contributed by atoms with van der Waals surface area (Å²) >= 11 is 0. The van der Waals surface area contributed by atoms with Crippen LogP contribution < -0.4 is 15.4 Å². The van der Waals surface area contributed by atoms with Crippen LogP contribution >= 0.6 is 0 Å². The average molecular weight is 486 g/mol. The molecule has 2 amide bonds. The van der Waals surface area contributed by atoms with Gasteiger partial charge in [-0.05, 0) is 67.0 Å². The van der Waals surface area contributed by atoms with E-state index in [1.807, 2.05) is 0 Å². The second-order valence-electron chi connectivity index (χ2n) is 8.04. The lowest BCUT2D eigenvalue weighted by molar-refractivity contribution is -0.138. The number of ether oxygens (including phenoxy) is 1. The van der Waals surface area contributed by atoms with Gasteiger partial charge >= 0.3 is 12.2 Å². The van der Waals surface area contributed by atoms with E-state index in [1.165, 1.54) is 24.5 Å². The van der Waals surface area contributed by atoms with Gasteiger partial charge < -0.3 is 15.4 Å². The SMILES string of the molecule is CCc1ccc(NC(=O)Nc2ccc(OC3=NC=NC4C=C(F)C(C)=CC34)cc2)cc1C(F)(F)F. The Bertz CT molecular complexity index is 1250. The van der Waals surface area contributed by atoms with Gasteiger partial charge in [0.15, 0.2) is 0 Å². The molecule has 0 radical (unpaired) electrons. The van der Waals surface area contributed by atoms with Crippen molar-refractivity contribution in [3.63, 3.8) is 0 Å². The molecule has 2 unspecified atom stereocenters. The minimum absolute atomic E-state index is 0.0276. The molecule has 10 heteroatoms. The Hall–Kier alpha value is -3.95. The Labute approximate surface area is 199 Å². The molecule has 0 bridgehead atoms. The zero-order chi connectivity index (χ0) is 25.2. The zero-order valence-electron chi connectivity index (χ0n) is 18.9. The van der Waals surface area contributed by atoms with Crippen molar-refractivity contribution >= 4 is 29.6 Å². The van der Waals surface area contributed by atoms with Crippen molar-refractivity contribution in [1.82, 2.24) is 0 Å². The van der Waals surface area contributed by atoms with Crippen molar-refractivity contribution in [3.05, 3.63) is 77.1 Å². The van der Waals surface area contributed by atoms with Crippen molar-refractivity contribution in [1.29, 1.82) is 0 Å². The standard InChI is InChI=1S/C25H22F4N4O2/c1-3-15-4-5-17(11-20(15)25(27,28)29)33-24(34)32-16-6-8-18(9-7-16)35-23-19-10-14(2)21(26)12-22(19)30-13-31-23/h4-13,19,22H,3H2,1-2H3,(H2,32,33,34). The molecule has 0 saturated heterocycles. The van der Waals surface area contributed by atoms with Gasteiger partial charge in [0.2, 0.25) is 5.90 Å². The molecule has 0 aromatic heterocycles. The van der Waals surface area contributed by atoms with Crippen LogP contribution in [-0.2, 0) is 12.6 Å². The maximum atomic E-state index is 13.8. The summed E-state index contributed by atoms with van der Waals surface area (Å²) < 4.78 is 59.5. The minimum Gasteiger partial charge on any atom is -0.442 e. The van der Waals surface area contributed by atoms with Crippen LogP contribution in [0.25, 0.3) is 0 Å². The number of carbonyl (C=O) groups excluding carboxylic acids is 1. The number of carbonyl (C=O) groups is 1. The minimum atomic E-state index is -4.51. The number of allylic oxidation sites excluding steroid dienone is 2. The maximum Gasteiger partial charge on any atom is 0.416 e. The number of aryl methyl sites for hydroxylation is 1. The van der Waals surface area contributed by atoms with Crippen molar-refractivity contribution in [2.24, 2.45) is 15.9 Å². The third kappa shape index (κ3) is 5.59. The maximum absolute atomic E-state index is 13.8. The fraction of sp³-hybridized carbons (Fsp3) is 0.240. The van der Waals surface area contributed by atoms with E-state index in [1.54, 1.807) is 44.2 Å². The molecule has 0 spiro atoms. The monoisotopic (exact) mass is 486 g/mol. The number of urea groups is 1. The van der Waals surface area contributed by atoms with Gasteiger partial charge in [-0.25, -0.2) is 14.2 Å². The zero-order valence-corrected chi connectivity index (χ0v) is 18.9. The summed E-state index contributed by atoms with van der Waals surface area (Å²) in [5.41, 5.74) is 0.286. The van der Waals surface area contributed by atoms with Crippen LogP contribution in [0.3, 0.4) is 0 Å². The molecule has 2 aliphatic rings. The normalized spacial score (nSPS) is 19.2. The van der Waals surface area contributed by atoms with Gasteiger partial charge in [-0.3, -0.25) is 4.99 Å². The van der Waals surface area contributed by atoms with Crippen molar-refractivity contribution < 1.29 is 27.1 Å². The lowest BCUT2D eigenvalue weighted by Gasteiger charge is -2.26. The van der Waals surface area contributed by atoms with E-state index >= 15 is 0 Å².